The molecule has 0 fully saturated rings. The van der Waals surface area contributed by atoms with Gasteiger partial charge >= 0.3 is 0 Å². The molecule has 0 bridgehead atoms. The van der Waals surface area contributed by atoms with E-state index in [2.05, 4.69) is 21.2 Å². The molecule has 0 unspecified atom stereocenters. The normalized spacial score (nSPS) is 10.2. The summed E-state index contributed by atoms with van der Waals surface area (Å²) in [4.78, 5) is 12.3. The lowest BCUT2D eigenvalue weighted by molar-refractivity contribution is 0.102. The molecule has 0 aliphatic rings. The molecule has 0 spiro atoms. The second-order valence-electron chi connectivity index (χ2n) is 4.64. The fraction of sp³-hybridized carbons (Fsp3) is 0.188. The highest BCUT2D eigenvalue weighted by atomic mass is 79.9. The minimum Gasteiger partial charge on any atom is -0.495 e. The number of aryl methyl sites for hydroxylation is 2. The Labute approximate surface area is 127 Å². The number of carbonyl (C=O) groups excluding carboxylic acids is 1. The first-order valence-corrected chi connectivity index (χ1v) is 7.02. The molecule has 2 aromatic carbocycles. The Morgan fingerprint density at radius 1 is 1.10 bits per heavy atom. The van der Waals surface area contributed by atoms with Gasteiger partial charge in [0.15, 0.2) is 0 Å². The molecule has 2 rings (SSSR count). The Hall–Kier alpha value is -1.81. The number of ether oxygens (including phenoxy) is 1. The van der Waals surface area contributed by atoms with Crippen LogP contribution in [-0.2, 0) is 0 Å². The smallest absolute Gasteiger partial charge is 0.256 e. The van der Waals surface area contributed by atoms with Crippen LogP contribution in [0.3, 0.4) is 0 Å². The van der Waals surface area contributed by atoms with Crippen molar-refractivity contribution in [2.45, 2.75) is 13.8 Å². The largest absolute Gasteiger partial charge is 0.495 e. The average molecular weight is 334 g/mol. The monoisotopic (exact) mass is 333 g/mol. The van der Waals surface area contributed by atoms with Crippen molar-refractivity contribution in [3.63, 3.8) is 0 Å². The summed E-state index contributed by atoms with van der Waals surface area (Å²) in [6.07, 6.45) is 0. The molecule has 0 atom stereocenters. The van der Waals surface area contributed by atoms with E-state index in [4.69, 9.17) is 4.74 Å². The zero-order valence-electron chi connectivity index (χ0n) is 11.7. The molecule has 0 aromatic heterocycles. The van der Waals surface area contributed by atoms with Gasteiger partial charge in [-0.3, -0.25) is 4.79 Å². The van der Waals surface area contributed by atoms with Crippen molar-refractivity contribution in [1.29, 1.82) is 0 Å². The Morgan fingerprint density at radius 2 is 1.75 bits per heavy atom. The van der Waals surface area contributed by atoms with Gasteiger partial charge in [0.25, 0.3) is 5.91 Å². The summed E-state index contributed by atoms with van der Waals surface area (Å²) in [5.74, 6) is 0.487. The standard InChI is InChI=1S/C16H16BrNO2/c1-10-4-6-12(13(17)8-10)16(19)18-14-7-5-11(2)9-15(14)20-3/h4-9H,1-3H3,(H,18,19). The van der Waals surface area contributed by atoms with E-state index in [1.165, 1.54) is 0 Å². The summed E-state index contributed by atoms with van der Waals surface area (Å²) in [5, 5.41) is 2.87. The lowest BCUT2D eigenvalue weighted by Gasteiger charge is -2.12. The average Bonchev–Trinajstić information content (AvgIpc) is 2.40. The zero-order chi connectivity index (χ0) is 14.7. The summed E-state index contributed by atoms with van der Waals surface area (Å²) >= 11 is 3.42. The van der Waals surface area contributed by atoms with Gasteiger partial charge in [-0.1, -0.05) is 12.1 Å². The van der Waals surface area contributed by atoms with Crippen LogP contribution in [0.5, 0.6) is 5.75 Å². The van der Waals surface area contributed by atoms with Crippen molar-refractivity contribution in [2.75, 3.05) is 12.4 Å². The van der Waals surface area contributed by atoms with Crippen molar-refractivity contribution in [3.05, 3.63) is 57.6 Å². The van der Waals surface area contributed by atoms with Gasteiger partial charge in [-0.15, -0.1) is 0 Å². The third-order valence-corrected chi connectivity index (χ3v) is 3.63. The van der Waals surface area contributed by atoms with Gasteiger partial charge in [-0.05, 0) is 65.2 Å². The highest BCUT2D eigenvalue weighted by molar-refractivity contribution is 9.10. The number of amides is 1. The number of rotatable bonds is 3. The second kappa shape index (κ2) is 6.09. The maximum Gasteiger partial charge on any atom is 0.256 e. The van der Waals surface area contributed by atoms with Crippen molar-refractivity contribution in [2.24, 2.45) is 0 Å². The van der Waals surface area contributed by atoms with Crippen LogP contribution in [0, 0.1) is 13.8 Å². The number of hydrogen-bond acceptors (Lipinski definition) is 2. The molecule has 1 amide bonds. The number of halogens is 1. The first-order valence-electron chi connectivity index (χ1n) is 6.23. The van der Waals surface area contributed by atoms with Crippen LogP contribution < -0.4 is 10.1 Å². The topological polar surface area (TPSA) is 38.3 Å². The highest BCUT2D eigenvalue weighted by Crippen LogP contribution is 2.27. The summed E-state index contributed by atoms with van der Waals surface area (Å²) < 4.78 is 6.06. The van der Waals surface area contributed by atoms with Crippen LogP contribution >= 0.6 is 15.9 Å². The van der Waals surface area contributed by atoms with E-state index in [9.17, 15) is 4.79 Å². The summed E-state index contributed by atoms with van der Waals surface area (Å²) in [7, 11) is 1.59. The van der Waals surface area contributed by atoms with Crippen LogP contribution in [-0.4, -0.2) is 13.0 Å². The first kappa shape index (κ1) is 14.6. The molecule has 0 saturated heterocycles. The fourth-order valence-corrected chi connectivity index (χ4v) is 2.57. The number of carbonyl (C=O) groups is 1. The van der Waals surface area contributed by atoms with Gasteiger partial charge in [0, 0.05) is 4.47 Å². The van der Waals surface area contributed by atoms with Gasteiger partial charge in [-0.2, -0.15) is 0 Å². The van der Waals surface area contributed by atoms with Crippen LogP contribution in [0.15, 0.2) is 40.9 Å². The molecular weight excluding hydrogens is 318 g/mol. The van der Waals surface area contributed by atoms with Crippen molar-refractivity contribution < 1.29 is 9.53 Å². The van der Waals surface area contributed by atoms with E-state index in [1.807, 2.05) is 44.2 Å². The molecule has 0 aliphatic heterocycles. The van der Waals surface area contributed by atoms with Crippen LogP contribution in [0.2, 0.25) is 0 Å². The van der Waals surface area contributed by atoms with Gasteiger partial charge in [0.05, 0.1) is 18.4 Å². The van der Waals surface area contributed by atoms with Crippen molar-refractivity contribution in [1.82, 2.24) is 0 Å². The van der Waals surface area contributed by atoms with Gasteiger partial charge in [0.2, 0.25) is 0 Å². The van der Waals surface area contributed by atoms with Gasteiger partial charge in [0.1, 0.15) is 5.75 Å². The van der Waals surface area contributed by atoms with Gasteiger partial charge < -0.3 is 10.1 Å². The van der Waals surface area contributed by atoms with E-state index >= 15 is 0 Å². The summed E-state index contributed by atoms with van der Waals surface area (Å²) in [6.45, 7) is 3.96. The molecule has 0 radical (unpaired) electrons. The quantitative estimate of drug-likeness (QED) is 0.907. The third kappa shape index (κ3) is 3.20. The summed E-state index contributed by atoms with van der Waals surface area (Å²) in [6, 6.07) is 11.3. The molecule has 0 heterocycles. The summed E-state index contributed by atoms with van der Waals surface area (Å²) in [5.41, 5.74) is 3.44. The predicted octanol–water partition coefficient (Wildman–Crippen LogP) is 4.33. The van der Waals surface area contributed by atoms with Gasteiger partial charge in [-0.25, -0.2) is 0 Å². The number of anilines is 1. The van der Waals surface area contributed by atoms with Crippen molar-refractivity contribution >= 4 is 27.5 Å². The van der Waals surface area contributed by atoms with E-state index in [0.717, 1.165) is 15.6 Å². The van der Waals surface area contributed by atoms with Crippen LogP contribution in [0.1, 0.15) is 21.5 Å². The minimum absolute atomic E-state index is 0.168. The number of hydrogen-bond donors (Lipinski definition) is 1. The molecular formula is C16H16BrNO2. The molecule has 0 saturated carbocycles. The van der Waals surface area contributed by atoms with Crippen molar-refractivity contribution in [3.8, 4) is 5.75 Å². The van der Waals surface area contributed by atoms with E-state index in [1.54, 1.807) is 13.2 Å². The van der Waals surface area contributed by atoms with Crippen LogP contribution in [0.25, 0.3) is 0 Å². The number of benzene rings is 2. The fourth-order valence-electron chi connectivity index (χ4n) is 1.90. The Kier molecular flexibility index (Phi) is 4.45. The lowest BCUT2D eigenvalue weighted by atomic mass is 10.1. The molecule has 4 heteroatoms. The molecule has 20 heavy (non-hydrogen) atoms. The van der Waals surface area contributed by atoms with E-state index in [-0.39, 0.29) is 5.91 Å². The lowest BCUT2D eigenvalue weighted by Crippen LogP contribution is -2.13. The molecule has 3 nitrogen and oxygen atoms in total. The van der Waals surface area contributed by atoms with Crippen LogP contribution in [0.4, 0.5) is 5.69 Å². The second-order valence-corrected chi connectivity index (χ2v) is 5.50. The maximum absolute atomic E-state index is 12.3. The Balaban J connectivity index is 2.28. The molecule has 104 valence electrons. The Morgan fingerprint density at radius 3 is 2.40 bits per heavy atom. The SMILES string of the molecule is COc1cc(C)ccc1NC(=O)c1ccc(C)cc1Br. The number of methoxy groups -OCH3 is 1. The molecule has 1 N–H and O–H groups in total. The van der Waals surface area contributed by atoms with E-state index < -0.39 is 0 Å². The molecule has 0 aliphatic carbocycles. The predicted molar refractivity (Wildman–Crippen MR) is 84.6 cm³/mol. The number of nitrogens with one attached hydrogen (secondary N) is 1. The first-order chi connectivity index (χ1) is 9.51. The van der Waals surface area contributed by atoms with E-state index in [0.29, 0.717) is 17.0 Å². The highest BCUT2D eigenvalue weighted by Gasteiger charge is 2.12. The maximum atomic E-state index is 12.3. The Bertz CT molecular complexity index is 653. The zero-order valence-corrected chi connectivity index (χ0v) is 13.2. The minimum atomic E-state index is -0.168. The third-order valence-electron chi connectivity index (χ3n) is 2.97. The molecule has 2 aromatic rings.